The molecule has 5 amide bonds. The molecule has 1 saturated carbocycles. The van der Waals surface area contributed by atoms with Crippen molar-refractivity contribution in [2.45, 2.75) is 77.5 Å². The van der Waals surface area contributed by atoms with Crippen molar-refractivity contribution in [2.24, 2.45) is 0 Å². The number of benzene rings is 1. The summed E-state index contributed by atoms with van der Waals surface area (Å²) in [6.07, 6.45) is 7.19. The number of carbonyl (C=O) groups excluding carboxylic acids is 6. The number of carbonyl (C=O) groups is 6. The van der Waals surface area contributed by atoms with Crippen LogP contribution in [0.3, 0.4) is 0 Å². The summed E-state index contributed by atoms with van der Waals surface area (Å²) in [4.78, 5) is 109. The van der Waals surface area contributed by atoms with Crippen LogP contribution in [0.1, 0.15) is 105 Å². The van der Waals surface area contributed by atoms with Gasteiger partial charge in [-0.1, -0.05) is 25.0 Å². The lowest BCUT2D eigenvalue weighted by Crippen LogP contribution is -2.54. The Morgan fingerprint density at radius 3 is 2.42 bits per heavy atom. The number of piperazine rings is 1. The standard InChI is InChI=1S/C42H45N9O8/c1-24-31-22-45-33(46-37(31)50(28-7-3-4-8-28)40(56)35(24)25(2)52)20-27-10-11-29(21-44-27)49-18-16-48(17-19-49)15-14-43-42(58)59-23-26-6-5-9-30-36(26)41(57)51(39(30)55)32-12-13-34(53)47-38(32)54/h5-6,9-11,21-22,28,32H,3-4,7-8,12-20,23H2,1-2H3,(H,43,58)(H,47,53,54). The monoisotopic (exact) mass is 803 g/mol. The lowest BCUT2D eigenvalue weighted by atomic mass is 10.0. The average Bonchev–Trinajstić information content (AvgIpc) is 3.84. The number of alkyl carbamates (subject to hydrolysis) is 1. The van der Waals surface area contributed by atoms with E-state index in [0.717, 1.165) is 73.5 Å². The molecule has 4 aliphatic rings. The first kappa shape index (κ1) is 39.5. The van der Waals surface area contributed by atoms with E-state index in [9.17, 15) is 33.6 Å². The second-order valence-corrected chi connectivity index (χ2v) is 15.5. The van der Waals surface area contributed by atoms with Gasteiger partial charge >= 0.3 is 6.09 Å². The highest BCUT2D eigenvalue weighted by atomic mass is 16.5. The summed E-state index contributed by atoms with van der Waals surface area (Å²) in [6, 6.07) is 7.60. The van der Waals surface area contributed by atoms with Gasteiger partial charge in [-0.2, -0.15) is 0 Å². The Labute approximate surface area is 339 Å². The minimum atomic E-state index is -1.08. The zero-order valence-corrected chi connectivity index (χ0v) is 33.0. The highest BCUT2D eigenvalue weighted by molar-refractivity contribution is 6.24. The van der Waals surface area contributed by atoms with E-state index in [1.807, 2.05) is 18.3 Å². The molecule has 1 aliphatic carbocycles. The van der Waals surface area contributed by atoms with Crippen LogP contribution in [0.15, 0.2) is 47.5 Å². The molecule has 2 N–H and O–H groups in total. The summed E-state index contributed by atoms with van der Waals surface area (Å²) >= 11 is 0. The van der Waals surface area contributed by atoms with Crippen LogP contribution in [0.5, 0.6) is 0 Å². The Hall–Kier alpha value is -6.36. The number of piperidine rings is 1. The number of hydrogen-bond donors (Lipinski definition) is 2. The molecule has 306 valence electrons. The van der Waals surface area contributed by atoms with Crippen LogP contribution in [-0.4, -0.2) is 110 Å². The van der Waals surface area contributed by atoms with E-state index < -0.39 is 35.8 Å². The Morgan fingerprint density at radius 1 is 0.932 bits per heavy atom. The molecule has 17 nitrogen and oxygen atoms in total. The largest absolute Gasteiger partial charge is 0.445 e. The number of imide groups is 2. The van der Waals surface area contributed by atoms with Gasteiger partial charge in [-0.15, -0.1) is 0 Å². The van der Waals surface area contributed by atoms with Gasteiger partial charge in [0, 0.05) is 74.6 Å². The number of pyridine rings is 2. The smallest absolute Gasteiger partial charge is 0.407 e. The number of aryl methyl sites for hydroxylation is 1. The number of ketones is 1. The molecule has 0 bridgehead atoms. The van der Waals surface area contributed by atoms with E-state index >= 15 is 0 Å². The van der Waals surface area contributed by atoms with Gasteiger partial charge in [0.15, 0.2) is 5.78 Å². The first-order chi connectivity index (χ1) is 28.5. The fraction of sp³-hybridized carbons (Fsp3) is 0.429. The summed E-state index contributed by atoms with van der Waals surface area (Å²) < 4.78 is 7.13. The molecule has 1 aromatic carbocycles. The predicted molar refractivity (Wildman–Crippen MR) is 213 cm³/mol. The summed E-state index contributed by atoms with van der Waals surface area (Å²) in [5.41, 5.74) is 3.47. The van der Waals surface area contributed by atoms with E-state index in [0.29, 0.717) is 42.1 Å². The Kier molecular flexibility index (Phi) is 11.0. The fourth-order valence-corrected chi connectivity index (χ4v) is 8.68. The van der Waals surface area contributed by atoms with Crippen molar-refractivity contribution in [3.63, 3.8) is 0 Å². The normalized spacial score (nSPS) is 18.7. The molecule has 6 heterocycles. The predicted octanol–water partition coefficient (Wildman–Crippen LogP) is 2.85. The molecule has 59 heavy (non-hydrogen) atoms. The molecule has 1 atom stereocenters. The molecule has 0 spiro atoms. The summed E-state index contributed by atoms with van der Waals surface area (Å²) in [5, 5.41) is 5.65. The van der Waals surface area contributed by atoms with Gasteiger partial charge in [0.25, 0.3) is 17.4 Å². The first-order valence-corrected chi connectivity index (χ1v) is 20.1. The van der Waals surface area contributed by atoms with Crippen molar-refractivity contribution in [3.8, 4) is 0 Å². The fourth-order valence-electron chi connectivity index (χ4n) is 8.68. The van der Waals surface area contributed by atoms with Gasteiger partial charge in [0.05, 0.1) is 35.0 Å². The van der Waals surface area contributed by atoms with Crippen LogP contribution in [0, 0.1) is 6.92 Å². The van der Waals surface area contributed by atoms with Gasteiger partial charge in [0.1, 0.15) is 24.1 Å². The van der Waals surface area contributed by atoms with E-state index in [-0.39, 0.29) is 53.5 Å². The molecule has 3 fully saturated rings. The van der Waals surface area contributed by atoms with Gasteiger partial charge in [0.2, 0.25) is 11.8 Å². The van der Waals surface area contributed by atoms with Gasteiger partial charge < -0.3 is 15.0 Å². The molecule has 4 aromatic rings. The zero-order valence-electron chi connectivity index (χ0n) is 33.0. The molecule has 0 radical (unpaired) electrons. The lowest BCUT2D eigenvalue weighted by molar-refractivity contribution is -0.136. The number of Topliss-reactive ketones (excluding diaryl/α,β-unsaturated/α-hetero) is 1. The number of nitrogens with zero attached hydrogens (tertiary/aromatic N) is 7. The zero-order chi connectivity index (χ0) is 41.4. The molecule has 8 rings (SSSR count). The SMILES string of the molecule is CC(=O)c1c(C)c2cnc(Cc3ccc(N4CCN(CCNC(=O)OCc5cccc6c5C(=O)N(C5CCC(=O)NC5=O)C6=O)CC4)cn3)nc2n(C2CCCC2)c1=O. The molecular weight excluding hydrogens is 759 g/mol. The van der Waals surface area contributed by atoms with Crippen LogP contribution in [0.2, 0.25) is 0 Å². The second-order valence-electron chi connectivity index (χ2n) is 15.5. The van der Waals surface area contributed by atoms with Crippen molar-refractivity contribution in [1.29, 1.82) is 0 Å². The van der Waals surface area contributed by atoms with Crippen LogP contribution >= 0.6 is 0 Å². The number of ether oxygens (including phenoxy) is 1. The lowest BCUT2D eigenvalue weighted by Gasteiger charge is -2.35. The first-order valence-electron chi connectivity index (χ1n) is 20.1. The third kappa shape index (κ3) is 7.81. The van der Waals surface area contributed by atoms with E-state index in [2.05, 4.69) is 25.4 Å². The van der Waals surface area contributed by atoms with Crippen molar-refractivity contribution < 1.29 is 33.5 Å². The molecule has 17 heteroatoms. The van der Waals surface area contributed by atoms with Gasteiger partial charge in [-0.05, 0) is 56.9 Å². The number of aromatic nitrogens is 4. The highest BCUT2D eigenvalue weighted by Gasteiger charge is 2.45. The van der Waals surface area contributed by atoms with E-state index in [1.54, 1.807) is 29.8 Å². The average molecular weight is 804 g/mol. The minimum absolute atomic E-state index is 0.0107. The van der Waals surface area contributed by atoms with Crippen LogP contribution < -0.4 is 21.1 Å². The Morgan fingerprint density at radius 2 is 1.71 bits per heavy atom. The Bertz CT molecular complexity index is 2430. The maximum absolute atomic E-state index is 13.6. The number of amides is 5. The molecule has 2 saturated heterocycles. The highest BCUT2D eigenvalue weighted by Crippen LogP contribution is 2.33. The van der Waals surface area contributed by atoms with Crippen molar-refractivity contribution in [1.82, 2.24) is 40.0 Å². The van der Waals surface area contributed by atoms with Crippen LogP contribution in [0.25, 0.3) is 11.0 Å². The quantitative estimate of drug-likeness (QED) is 0.166. The number of rotatable bonds is 11. The molecule has 3 aromatic heterocycles. The van der Waals surface area contributed by atoms with Crippen LogP contribution in [-0.2, 0) is 27.4 Å². The molecule has 3 aliphatic heterocycles. The topological polar surface area (TPSA) is 206 Å². The van der Waals surface area contributed by atoms with Gasteiger partial charge in [-0.3, -0.25) is 53.4 Å². The van der Waals surface area contributed by atoms with E-state index in [4.69, 9.17) is 14.7 Å². The maximum atomic E-state index is 13.6. The van der Waals surface area contributed by atoms with Crippen molar-refractivity contribution >= 4 is 52.2 Å². The summed E-state index contributed by atoms with van der Waals surface area (Å²) in [7, 11) is 0. The number of fused-ring (bicyclic) bond motifs is 2. The molecular formula is C42H45N9O8. The number of nitrogens with one attached hydrogen (secondary N) is 2. The maximum Gasteiger partial charge on any atom is 0.407 e. The Balaban J connectivity index is 0.810. The number of hydrogen-bond acceptors (Lipinski definition) is 13. The van der Waals surface area contributed by atoms with Gasteiger partial charge in [-0.25, -0.2) is 14.8 Å². The van der Waals surface area contributed by atoms with Crippen molar-refractivity contribution in [2.75, 3.05) is 44.2 Å². The third-order valence-corrected chi connectivity index (χ3v) is 11.8. The number of anilines is 1. The van der Waals surface area contributed by atoms with Crippen molar-refractivity contribution in [3.05, 3.63) is 92.4 Å². The summed E-state index contributed by atoms with van der Waals surface area (Å²) in [6.45, 7) is 6.99. The van der Waals surface area contributed by atoms with Crippen LogP contribution in [0.4, 0.5) is 10.5 Å². The van der Waals surface area contributed by atoms with E-state index in [1.165, 1.54) is 13.0 Å². The summed E-state index contributed by atoms with van der Waals surface area (Å²) in [5.74, 6) is -2.12. The second kappa shape index (κ2) is 16.5. The third-order valence-electron chi connectivity index (χ3n) is 11.8. The molecule has 1 unspecified atom stereocenters. The minimum Gasteiger partial charge on any atom is -0.445 e.